The Labute approximate surface area is 176 Å². The number of hydrogen-bond donors (Lipinski definition) is 1. The van der Waals surface area contributed by atoms with Gasteiger partial charge in [0.15, 0.2) is 0 Å². The number of aromatic nitrogens is 2. The van der Waals surface area contributed by atoms with Crippen LogP contribution in [0.4, 0.5) is 11.4 Å². The number of rotatable bonds is 7. The van der Waals surface area contributed by atoms with Crippen LogP contribution in [0.2, 0.25) is 0 Å². The van der Waals surface area contributed by atoms with Crippen LogP contribution in [0.25, 0.3) is 0 Å². The number of carbonyl (C=O) groups excluding carboxylic acids is 1. The van der Waals surface area contributed by atoms with Gasteiger partial charge in [-0.2, -0.15) is 0 Å². The molecule has 0 bridgehead atoms. The van der Waals surface area contributed by atoms with E-state index >= 15 is 0 Å². The average Bonchev–Trinajstić information content (AvgIpc) is 2.83. The number of pyridine rings is 2. The van der Waals surface area contributed by atoms with Crippen molar-refractivity contribution in [2.75, 3.05) is 4.90 Å². The third kappa shape index (κ3) is 4.89. The number of nitrogens with one attached hydrogen (secondary N) is 1. The molecule has 0 aliphatic rings. The summed E-state index contributed by atoms with van der Waals surface area (Å²) in [6.45, 7) is 1.12. The van der Waals surface area contributed by atoms with Crippen molar-refractivity contribution in [3.05, 3.63) is 120 Å². The van der Waals surface area contributed by atoms with E-state index in [9.17, 15) is 4.79 Å². The average molecular weight is 394 g/mol. The zero-order valence-electron chi connectivity index (χ0n) is 16.5. The molecule has 0 aliphatic heterocycles. The van der Waals surface area contributed by atoms with Gasteiger partial charge in [-0.1, -0.05) is 48.5 Å². The van der Waals surface area contributed by atoms with Crippen molar-refractivity contribution in [3.8, 4) is 0 Å². The Balaban J connectivity index is 1.57. The van der Waals surface area contributed by atoms with Crippen molar-refractivity contribution in [2.45, 2.75) is 13.1 Å². The molecule has 0 radical (unpaired) electrons. The molecule has 0 saturated carbocycles. The molecule has 0 fully saturated rings. The molecule has 0 saturated heterocycles. The summed E-state index contributed by atoms with van der Waals surface area (Å²) < 4.78 is 0. The highest BCUT2D eigenvalue weighted by atomic mass is 16.1. The maximum Gasteiger partial charge on any atom is 0.270 e. The number of para-hydroxylation sites is 1. The fourth-order valence-corrected chi connectivity index (χ4v) is 3.19. The molecule has 5 heteroatoms. The van der Waals surface area contributed by atoms with Gasteiger partial charge < -0.3 is 10.2 Å². The van der Waals surface area contributed by atoms with Gasteiger partial charge in [0.05, 0.1) is 0 Å². The highest BCUT2D eigenvalue weighted by molar-refractivity contribution is 5.93. The van der Waals surface area contributed by atoms with Crippen molar-refractivity contribution in [3.63, 3.8) is 0 Å². The second-order valence-electron chi connectivity index (χ2n) is 6.84. The van der Waals surface area contributed by atoms with E-state index in [0.717, 1.165) is 16.9 Å². The molecule has 1 amide bonds. The second kappa shape index (κ2) is 9.47. The number of nitrogens with zero attached hydrogens (tertiary/aromatic N) is 3. The predicted octanol–water partition coefficient (Wildman–Crippen LogP) is 4.74. The van der Waals surface area contributed by atoms with E-state index in [2.05, 4.69) is 44.5 Å². The first-order valence-electron chi connectivity index (χ1n) is 9.79. The summed E-state index contributed by atoms with van der Waals surface area (Å²) in [5.41, 5.74) is 4.52. The van der Waals surface area contributed by atoms with Gasteiger partial charge in [0, 0.05) is 43.1 Å². The first-order chi connectivity index (χ1) is 14.8. The summed E-state index contributed by atoms with van der Waals surface area (Å²) in [6.07, 6.45) is 5.10. The number of amides is 1. The molecule has 0 atom stereocenters. The highest BCUT2D eigenvalue weighted by Crippen LogP contribution is 2.27. The maximum absolute atomic E-state index is 12.7. The van der Waals surface area contributed by atoms with Crippen LogP contribution in [-0.2, 0) is 13.1 Å². The summed E-state index contributed by atoms with van der Waals surface area (Å²) in [5.74, 6) is -0.207. The van der Waals surface area contributed by atoms with Crippen LogP contribution >= 0.6 is 0 Å². The Morgan fingerprint density at radius 2 is 1.47 bits per heavy atom. The quantitative estimate of drug-likeness (QED) is 0.492. The molecule has 2 aromatic heterocycles. The fourth-order valence-electron chi connectivity index (χ4n) is 3.19. The summed E-state index contributed by atoms with van der Waals surface area (Å²) in [7, 11) is 0. The first-order valence-corrected chi connectivity index (χ1v) is 9.79. The largest absolute Gasteiger partial charge is 0.347 e. The van der Waals surface area contributed by atoms with Gasteiger partial charge in [-0.05, 0) is 47.5 Å². The number of anilines is 2. The topological polar surface area (TPSA) is 58.1 Å². The second-order valence-corrected chi connectivity index (χ2v) is 6.84. The molecule has 30 heavy (non-hydrogen) atoms. The number of hydrogen-bond acceptors (Lipinski definition) is 4. The Morgan fingerprint density at radius 1 is 0.767 bits per heavy atom. The summed E-state index contributed by atoms with van der Waals surface area (Å²) in [4.78, 5) is 23.1. The van der Waals surface area contributed by atoms with Gasteiger partial charge in [-0.3, -0.25) is 14.8 Å². The number of carbonyl (C=O) groups is 1. The molecule has 0 aliphatic carbocycles. The summed E-state index contributed by atoms with van der Waals surface area (Å²) in [6, 6.07) is 27.9. The Morgan fingerprint density at radius 3 is 2.20 bits per heavy atom. The van der Waals surface area contributed by atoms with Crippen molar-refractivity contribution in [1.82, 2.24) is 15.3 Å². The molecule has 4 aromatic rings. The summed E-state index contributed by atoms with van der Waals surface area (Å²) in [5, 5.41) is 2.92. The van der Waals surface area contributed by atoms with E-state index in [-0.39, 0.29) is 5.91 Å². The van der Waals surface area contributed by atoms with Gasteiger partial charge in [-0.15, -0.1) is 0 Å². The Bertz CT molecular complexity index is 1090. The standard InChI is InChI=1S/C25H22N4O/c30-25(28-18-20-11-14-26-15-12-20)24-17-23(13-16-27-24)29(22-9-5-2-6-10-22)19-21-7-3-1-4-8-21/h1-17H,18-19H2,(H,28,30). The van der Waals surface area contributed by atoms with Crippen molar-refractivity contribution in [1.29, 1.82) is 0 Å². The first kappa shape index (κ1) is 19.3. The van der Waals surface area contributed by atoms with Gasteiger partial charge in [-0.25, -0.2) is 0 Å². The van der Waals surface area contributed by atoms with E-state index in [1.807, 2.05) is 60.7 Å². The highest BCUT2D eigenvalue weighted by Gasteiger charge is 2.14. The van der Waals surface area contributed by atoms with Gasteiger partial charge >= 0.3 is 0 Å². The molecule has 0 spiro atoms. The molecule has 1 N–H and O–H groups in total. The van der Waals surface area contributed by atoms with Crippen LogP contribution in [0, 0.1) is 0 Å². The van der Waals surface area contributed by atoms with Crippen LogP contribution in [0.1, 0.15) is 21.6 Å². The van der Waals surface area contributed by atoms with Gasteiger partial charge in [0.25, 0.3) is 5.91 Å². The molecule has 2 aromatic carbocycles. The molecule has 148 valence electrons. The van der Waals surface area contributed by atoms with Crippen molar-refractivity contribution in [2.24, 2.45) is 0 Å². The van der Waals surface area contributed by atoms with Crippen LogP contribution in [0.15, 0.2) is 104 Å². The predicted molar refractivity (Wildman–Crippen MR) is 118 cm³/mol. The van der Waals surface area contributed by atoms with E-state index < -0.39 is 0 Å². The lowest BCUT2D eigenvalue weighted by Crippen LogP contribution is -2.24. The van der Waals surface area contributed by atoms with E-state index in [1.54, 1.807) is 18.6 Å². The lowest BCUT2D eigenvalue weighted by Gasteiger charge is -2.25. The van der Waals surface area contributed by atoms with Crippen molar-refractivity contribution >= 4 is 17.3 Å². The molecular weight excluding hydrogens is 372 g/mol. The van der Waals surface area contributed by atoms with E-state index in [4.69, 9.17) is 0 Å². The minimum atomic E-state index is -0.207. The number of benzene rings is 2. The molecule has 2 heterocycles. The third-order valence-corrected chi connectivity index (χ3v) is 4.74. The molecule has 5 nitrogen and oxygen atoms in total. The van der Waals surface area contributed by atoms with Crippen LogP contribution in [0.5, 0.6) is 0 Å². The Kier molecular flexibility index (Phi) is 6.11. The fraction of sp³-hybridized carbons (Fsp3) is 0.0800. The van der Waals surface area contributed by atoms with Gasteiger partial charge in [0.2, 0.25) is 0 Å². The maximum atomic E-state index is 12.7. The lowest BCUT2D eigenvalue weighted by atomic mass is 10.1. The zero-order chi connectivity index (χ0) is 20.6. The van der Waals surface area contributed by atoms with Crippen LogP contribution in [0.3, 0.4) is 0 Å². The van der Waals surface area contributed by atoms with Crippen molar-refractivity contribution < 1.29 is 4.79 Å². The van der Waals surface area contributed by atoms with Crippen LogP contribution in [-0.4, -0.2) is 15.9 Å². The van der Waals surface area contributed by atoms with E-state index in [1.165, 1.54) is 5.56 Å². The zero-order valence-corrected chi connectivity index (χ0v) is 16.5. The smallest absolute Gasteiger partial charge is 0.270 e. The monoisotopic (exact) mass is 394 g/mol. The molecule has 0 unspecified atom stereocenters. The lowest BCUT2D eigenvalue weighted by molar-refractivity contribution is 0.0946. The Hall–Kier alpha value is -3.99. The minimum Gasteiger partial charge on any atom is -0.347 e. The van der Waals surface area contributed by atoms with E-state index in [0.29, 0.717) is 18.8 Å². The van der Waals surface area contributed by atoms with Crippen LogP contribution < -0.4 is 10.2 Å². The SMILES string of the molecule is O=C(NCc1ccncc1)c1cc(N(Cc2ccccc2)c2ccccc2)ccn1. The third-order valence-electron chi connectivity index (χ3n) is 4.74. The molecular formula is C25H22N4O. The summed E-state index contributed by atoms with van der Waals surface area (Å²) >= 11 is 0. The molecule has 4 rings (SSSR count). The van der Waals surface area contributed by atoms with Gasteiger partial charge in [0.1, 0.15) is 5.69 Å². The normalized spacial score (nSPS) is 10.4. The minimum absolute atomic E-state index is 0.207.